The number of amides is 2. The third-order valence-electron chi connectivity index (χ3n) is 6.35. The summed E-state index contributed by atoms with van der Waals surface area (Å²) in [6, 6.07) is 2.56. The van der Waals surface area contributed by atoms with Crippen LogP contribution in [0.3, 0.4) is 0 Å². The van der Waals surface area contributed by atoms with Crippen LogP contribution >= 0.6 is 0 Å². The van der Waals surface area contributed by atoms with Crippen LogP contribution < -0.4 is 4.90 Å². The number of likely N-dealkylation sites (tertiary alicyclic amines) is 1. The summed E-state index contributed by atoms with van der Waals surface area (Å²) in [7, 11) is 0. The second kappa shape index (κ2) is 6.92. The van der Waals surface area contributed by atoms with Crippen LogP contribution in [0.4, 0.5) is 10.6 Å². The molecule has 0 bridgehead atoms. The van der Waals surface area contributed by atoms with Crippen LogP contribution in [0.25, 0.3) is 0 Å². The molecule has 1 spiro atoms. The third-order valence-corrected chi connectivity index (χ3v) is 6.35. The highest BCUT2D eigenvalue weighted by Crippen LogP contribution is 2.54. The molecule has 1 aromatic heterocycles. The minimum atomic E-state index is -0.444. The number of carbonyl (C=O) groups is 2. The Balaban J connectivity index is 1.30. The molecule has 8 nitrogen and oxygen atoms in total. The molecule has 29 heavy (non-hydrogen) atoms. The van der Waals surface area contributed by atoms with Gasteiger partial charge in [-0.05, 0) is 40.5 Å². The Morgan fingerprint density at radius 3 is 2.28 bits per heavy atom. The van der Waals surface area contributed by atoms with Gasteiger partial charge in [0.15, 0.2) is 5.82 Å². The second-order valence-electron chi connectivity index (χ2n) is 9.98. The number of aryl methyl sites for hydroxylation is 1. The van der Waals surface area contributed by atoms with Crippen molar-refractivity contribution in [2.75, 3.05) is 44.2 Å². The van der Waals surface area contributed by atoms with E-state index in [4.69, 9.17) is 9.84 Å². The van der Waals surface area contributed by atoms with Gasteiger partial charge >= 0.3 is 6.09 Å². The van der Waals surface area contributed by atoms with Crippen LogP contribution in [0.5, 0.6) is 0 Å². The number of hydrogen-bond acceptors (Lipinski definition) is 5. The maximum absolute atomic E-state index is 12.2. The summed E-state index contributed by atoms with van der Waals surface area (Å²) in [6.07, 6.45) is 1.92. The first-order valence-corrected chi connectivity index (χ1v) is 10.6. The molecule has 3 fully saturated rings. The van der Waals surface area contributed by atoms with E-state index in [2.05, 4.69) is 22.6 Å². The van der Waals surface area contributed by atoms with Gasteiger partial charge in [0.05, 0.1) is 6.04 Å². The molecule has 2 amide bonds. The van der Waals surface area contributed by atoms with Crippen molar-refractivity contribution in [3.8, 4) is 0 Å². The fraction of sp³-hybridized carbons (Fsp3) is 0.762. The smallest absolute Gasteiger partial charge is 0.410 e. The minimum absolute atomic E-state index is 0.145. The molecule has 1 saturated carbocycles. The lowest BCUT2D eigenvalue weighted by Crippen LogP contribution is -2.64. The number of nitrogens with zero attached hydrogens (tertiary/aromatic N) is 5. The van der Waals surface area contributed by atoms with Crippen LogP contribution in [0.1, 0.15) is 52.3 Å². The normalized spacial score (nSPS) is 21.8. The Morgan fingerprint density at radius 2 is 1.72 bits per heavy atom. The van der Waals surface area contributed by atoms with Gasteiger partial charge in [-0.2, -0.15) is 5.10 Å². The molecule has 4 rings (SSSR count). The molecule has 1 aromatic rings. The maximum atomic E-state index is 12.2. The molecule has 1 aliphatic carbocycles. The Labute approximate surface area is 172 Å². The average Bonchev–Trinajstić information content (AvgIpc) is 2.92. The molecule has 0 aromatic carbocycles. The summed E-state index contributed by atoms with van der Waals surface area (Å²) in [4.78, 5) is 29.7. The highest BCUT2D eigenvalue weighted by atomic mass is 16.6. The molecule has 2 saturated heterocycles. The van der Waals surface area contributed by atoms with Crippen LogP contribution in [0.15, 0.2) is 6.07 Å². The van der Waals surface area contributed by atoms with Gasteiger partial charge < -0.3 is 19.4 Å². The SMILES string of the molecule is CC(=O)N1CCN(c2cc(C)n(C3CC4(C3)CN(C(=O)OC(C)(C)C)C4)n2)CC1. The summed E-state index contributed by atoms with van der Waals surface area (Å²) in [5.41, 5.74) is 0.977. The Kier molecular flexibility index (Phi) is 4.78. The van der Waals surface area contributed by atoms with E-state index in [-0.39, 0.29) is 17.4 Å². The fourth-order valence-electron chi connectivity index (χ4n) is 4.84. The van der Waals surface area contributed by atoms with Crippen molar-refractivity contribution in [1.82, 2.24) is 19.6 Å². The van der Waals surface area contributed by atoms with Crippen molar-refractivity contribution in [2.24, 2.45) is 5.41 Å². The number of carbonyl (C=O) groups excluding carboxylic acids is 2. The lowest BCUT2D eigenvalue weighted by molar-refractivity contribution is -0.129. The minimum Gasteiger partial charge on any atom is -0.444 e. The summed E-state index contributed by atoms with van der Waals surface area (Å²) >= 11 is 0. The number of anilines is 1. The zero-order valence-electron chi connectivity index (χ0n) is 18.3. The Bertz CT molecular complexity index is 790. The van der Waals surface area contributed by atoms with E-state index in [1.54, 1.807) is 6.92 Å². The van der Waals surface area contributed by atoms with Crippen molar-refractivity contribution in [3.63, 3.8) is 0 Å². The average molecular weight is 404 g/mol. The van der Waals surface area contributed by atoms with Crippen LogP contribution in [0.2, 0.25) is 0 Å². The summed E-state index contributed by atoms with van der Waals surface area (Å²) in [5, 5.41) is 4.89. The van der Waals surface area contributed by atoms with Crippen molar-refractivity contribution < 1.29 is 14.3 Å². The van der Waals surface area contributed by atoms with Gasteiger partial charge in [-0.3, -0.25) is 9.48 Å². The molecule has 0 radical (unpaired) electrons. The van der Waals surface area contributed by atoms with E-state index in [1.165, 1.54) is 5.69 Å². The number of rotatable bonds is 2. The summed E-state index contributed by atoms with van der Waals surface area (Å²) < 4.78 is 7.63. The summed E-state index contributed by atoms with van der Waals surface area (Å²) in [5.74, 6) is 1.16. The predicted octanol–water partition coefficient (Wildman–Crippen LogP) is 2.43. The molecule has 3 heterocycles. The van der Waals surface area contributed by atoms with E-state index in [0.29, 0.717) is 6.04 Å². The third kappa shape index (κ3) is 3.94. The first-order valence-electron chi connectivity index (χ1n) is 10.6. The second-order valence-corrected chi connectivity index (χ2v) is 9.98. The largest absolute Gasteiger partial charge is 0.444 e. The lowest BCUT2D eigenvalue weighted by Gasteiger charge is -2.58. The molecule has 2 aliphatic heterocycles. The number of aromatic nitrogens is 2. The van der Waals surface area contributed by atoms with Crippen molar-refractivity contribution in [3.05, 3.63) is 11.8 Å². The molecule has 0 unspecified atom stereocenters. The zero-order valence-corrected chi connectivity index (χ0v) is 18.3. The number of piperazine rings is 1. The highest BCUT2D eigenvalue weighted by Gasteiger charge is 2.55. The first-order chi connectivity index (χ1) is 13.6. The van der Waals surface area contributed by atoms with Crippen molar-refractivity contribution in [1.29, 1.82) is 0 Å². The Morgan fingerprint density at radius 1 is 1.10 bits per heavy atom. The lowest BCUT2D eigenvalue weighted by atomic mass is 9.61. The number of hydrogen-bond donors (Lipinski definition) is 0. The fourth-order valence-corrected chi connectivity index (χ4v) is 4.84. The van der Waals surface area contributed by atoms with Crippen LogP contribution in [-0.4, -0.2) is 76.5 Å². The van der Waals surface area contributed by atoms with Gasteiger partial charge in [0.2, 0.25) is 5.91 Å². The van der Waals surface area contributed by atoms with Crippen molar-refractivity contribution in [2.45, 2.75) is 59.1 Å². The summed E-state index contributed by atoms with van der Waals surface area (Å²) in [6.45, 7) is 14.2. The highest BCUT2D eigenvalue weighted by molar-refractivity contribution is 5.73. The zero-order chi connectivity index (χ0) is 21.0. The van der Waals surface area contributed by atoms with Gasteiger partial charge in [0.25, 0.3) is 0 Å². The van der Waals surface area contributed by atoms with Gasteiger partial charge in [-0.15, -0.1) is 0 Å². The van der Waals surface area contributed by atoms with Crippen LogP contribution in [-0.2, 0) is 9.53 Å². The van der Waals surface area contributed by atoms with E-state index in [0.717, 1.165) is 57.9 Å². The van der Waals surface area contributed by atoms with E-state index >= 15 is 0 Å². The topological polar surface area (TPSA) is 70.9 Å². The van der Waals surface area contributed by atoms with Crippen molar-refractivity contribution >= 4 is 17.8 Å². The molecule has 3 aliphatic rings. The van der Waals surface area contributed by atoms with Crippen LogP contribution in [0, 0.1) is 12.3 Å². The van der Waals surface area contributed by atoms with Gasteiger partial charge in [-0.1, -0.05) is 0 Å². The Hall–Kier alpha value is -2.25. The maximum Gasteiger partial charge on any atom is 0.410 e. The quantitative estimate of drug-likeness (QED) is 0.759. The van der Waals surface area contributed by atoms with Gasteiger partial charge in [0, 0.05) is 63.4 Å². The monoisotopic (exact) mass is 403 g/mol. The number of ether oxygens (including phenoxy) is 1. The first kappa shape index (κ1) is 20.0. The molecule has 0 N–H and O–H groups in total. The molecule has 160 valence electrons. The molecular weight excluding hydrogens is 370 g/mol. The van der Waals surface area contributed by atoms with E-state index in [9.17, 15) is 9.59 Å². The molecular formula is C21H33N5O3. The van der Waals surface area contributed by atoms with Gasteiger partial charge in [0.1, 0.15) is 5.60 Å². The van der Waals surface area contributed by atoms with Gasteiger partial charge in [-0.25, -0.2) is 4.79 Å². The molecule has 8 heteroatoms. The predicted molar refractivity (Wildman–Crippen MR) is 110 cm³/mol. The standard InChI is InChI=1S/C21H33N5O3/c1-15-10-18(24-8-6-23(7-9-24)16(2)27)22-26(15)17-11-21(12-17)13-25(14-21)19(28)29-20(3,4)5/h10,17H,6-9,11-14H2,1-5H3. The molecule has 0 atom stereocenters. The van der Waals surface area contributed by atoms with E-state index in [1.807, 2.05) is 30.6 Å². The van der Waals surface area contributed by atoms with E-state index < -0.39 is 5.60 Å².